The number of carbonyl (C=O) groups is 1. The molecule has 1 unspecified atom stereocenters. The van der Waals surface area contributed by atoms with Crippen LogP contribution in [0.5, 0.6) is 0 Å². The van der Waals surface area contributed by atoms with E-state index in [9.17, 15) is 4.79 Å². The molecular weight excluding hydrogens is 362 g/mol. The first kappa shape index (κ1) is 21.2. The zero-order chi connectivity index (χ0) is 20.8. The van der Waals surface area contributed by atoms with Gasteiger partial charge in [-0.15, -0.1) is 0 Å². The van der Waals surface area contributed by atoms with Crippen LogP contribution in [0.25, 0.3) is 11.1 Å². The van der Waals surface area contributed by atoms with Crippen molar-refractivity contribution in [3.8, 4) is 0 Å². The Balaban J connectivity index is 1.72. The fourth-order valence-corrected chi connectivity index (χ4v) is 3.82. The number of nitrogens with one attached hydrogen (secondary N) is 1. The number of furan rings is 1. The number of fused-ring (bicyclic) bond motifs is 1. The van der Waals surface area contributed by atoms with Gasteiger partial charge in [-0.1, -0.05) is 44.2 Å². The van der Waals surface area contributed by atoms with Crippen LogP contribution in [-0.2, 0) is 6.54 Å². The zero-order valence-electron chi connectivity index (χ0n) is 18.1. The summed E-state index contributed by atoms with van der Waals surface area (Å²) in [5.74, 6) is 0.814. The molecule has 1 aromatic carbocycles. The van der Waals surface area contributed by atoms with Crippen LogP contribution >= 0.6 is 0 Å². The lowest BCUT2D eigenvalue weighted by Crippen LogP contribution is -2.34. The van der Waals surface area contributed by atoms with Crippen molar-refractivity contribution >= 4 is 17.0 Å². The molecule has 0 bridgehead atoms. The normalized spacial score (nSPS) is 12.6. The molecular formula is C24H33N3O2. The number of benzene rings is 1. The van der Waals surface area contributed by atoms with E-state index in [1.165, 1.54) is 0 Å². The number of hydrogen-bond acceptors (Lipinski definition) is 3. The van der Waals surface area contributed by atoms with Gasteiger partial charge in [-0.2, -0.15) is 0 Å². The van der Waals surface area contributed by atoms with Crippen molar-refractivity contribution in [1.82, 2.24) is 14.8 Å². The molecule has 0 aliphatic heterocycles. The number of rotatable bonds is 10. The summed E-state index contributed by atoms with van der Waals surface area (Å²) in [4.78, 5) is 15.5. The summed E-state index contributed by atoms with van der Waals surface area (Å²) in [6.45, 7) is 12.3. The minimum atomic E-state index is -0.0414. The third-order valence-corrected chi connectivity index (χ3v) is 5.51. The lowest BCUT2D eigenvalue weighted by Gasteiger charge is -2.20. The maximum Gasteiger partial charge on any atom is 0.268 e. The van der Waals surface area contributed by atoms with Crippen molar-refractivity contribution in [2.75, 3.05) is 19.6 Å². The Bertz CT molecular complexity index is 922. The molecule has 1 atom stereocenters. The molecule has 29 heavy (non-hydrogen) atoms. The minimum absolute atomic E-state index is 0.0414. The smallest absolute Gasteiger partial charge is 0.268 e. The molecule has 2 aromatic heterocycles. The van der Waals surface area contributed by atoms with Gasteiger partial charge in [0.05, 0.1) is 5.52 Å². The maximum absolute atomic E-state index is 13.0. The summed E-state index contributed by atoms with van der Waals surface area (Å²) < 4.78 is 7.85. The van der Waals surface area contributed by atoms with Gasteiger partial charge in [-0.05, 0) is 51.9 Å². The number of aromatic nitrogens is 1. The Hall–Kier alpha value is -2.53. The number of nitrogens with zero attached hydrogens (tertiary/aromatic N) is 2. The van der Waals surface area contributed by atoms with E-state index in [1.54, 1.807) is 0 Å². The van der Waals surface area contributed by atoms with E-state index in [0.717, 1.165) is 54.9 Å². The monoisotopic (exact) mass is 395 g/mol. The topological polar surface area (TPSA) is 50.4 Å². The van der Waals surface area contributed by atoms with Crippen LogP contribution in [0.1, 0.15) is 55.4 Å². The van der Waals surface area contributed by atoms with Gasteiger partial charge in [0.25, 0.3) is 5.91 Å². The first-order valence-corrected chi connectivity index (χ1v) is 10.7. The molecule has 0 fully saturated rings. The predicted molar refractivity (Wildman–Crippen MR) is 118 cm³/mol. The highest BCUT2D eigenvalue weighted by atomic mass is 16.3. The van der Waals surface area contributed by atoms with E-state index in [2.05, 4.69) is 47.7 Å². The van der Waals surface area contributed by atoms with Crippen molar-refractivity contribution in [2.24, 2.45) is 0 Å². The van der Waals surface area contributed by atoms with Gasteiger partial charge < -0.3 is 19.2 Å². The van der Waals surface area contributed by atoms with Crippen LogP contribution in [0.3, 0.4) is 0 Å². The summed E-state index contributed by atoms with van der Waals surface area (Å²) in [7, 11) is 0. The Morgan fingerprint density at radius 2 is 1.90 bits per heavy atom. The fourth-order valence-electron chi connectivity index (χ4n) is 3.82. The third-order valence-electron chi connectivity index (χ3n) is 5.51. The molecule has 5 nitrogen and oxygen atoms in total. The minimum Gasteiger partial charge on any atom is -0.460 e. The molecule has 0 aliphatic rings. The molecule has 0 saturated heterocycles. The van der Waals surface area contributed by atoms with Gasteiger partial charge >= 0.3 is 0 Å². The summed E-state index contributed by atoms with van der Waals surface area (Å²) in [5, 5.41) is 3.18. The average Bonchev–Trinajstić information content (AvgIpc) is 3.23. The number of amides is 1. The standard InChI is InChI=1S/C24H33N3O2/c1-5-26(6-2)14-10-11-18(3)25-24(28)22-16-23-21(15-19(4)29-23)27(22)17-20-12-8-7-9-13-20/h7-9,12-13,15-16,18H,5-6,10-11,14,17H2,1-4H3,(H,25,28). The zero-order valence-corrected chi connectivity index (χ0v) is 18.1. The molecule has 1 amide bonds. The van der Waals surface area contributed by atoms with Gasteiger partial charge in [-0.25, -0.2) is 0 Å². The highest BCUT2D eigenvalue weighted by Gasteiger charge is 2.20. The van der Waals surface area contributed by atoms with Gasteiger partial charge in [0.15, 0.2) is 5.58 Å². The summed E-state index contributed by atoms with van der Waals surface area (Å²) in [5.41, 5.74) is 3.53. The molecule has 3 rings (SSSR count). The second kappa shape index (κ2) is 9.79. The van der Waals surface area contributed by atoms with Crippen LogP contribution in [0.2, 0.25) is 0 Å². The molecule has 0 radical (unpaired) electrons. The van der Waals surface area contributed by atoms with E-state index >= 15 is 0 Å². The molecule has 5 heteroatoms. The fraction of sp³-hybridized carbons (Fsp3) is 0.458. The highest BCUT2D eigenvalue weighted by molar-refractivity contribution is 5.97. The van der Waals surface area contributed by atoms with Crippen molar-refractivity contribution < 1.29 is 9.21 Å². The Kier molecular flexibility index (Phi) is 7.15. The average molecular weight is 396 g/mol. The van der Waals surface area contributed by atoms with Crippen molar-refractivity contribution in [1.29, 1.82) is 0 Å². The Labute approximate surface area is 173 Å². The van der Waals surface area contributed by atoms with Crippen molar-refractivity contribution in [2.45, 2.75) is 53.1 Å². The van der Waals surface area contributed by atoms with Crippen LogP contribution < -0.4 is 5.32 Å². The largest absolute Gasteiger partial charge is 0.460 e. The molecule has 0 saturated carbocycles. The van der Waals surface area contributed by atoms with Crippen molar-refractivity contribution in [3.63, 3.8) is 0 Å². The lowest BCUT2D eigenvalue weighted by molar-refractivity contribution is 0.0928. The summed E-state index contributed by atoms with van der Waals surface area (Å²) in [6, 6.07) is 14.2. The van der Waals surface area contributed by atoms with Crippen LogP contribution in [0.15, 0.2) is 46.9 Å². The molecule has 0 aliphatic carbocycles. The Morgan fingerprint density at radius 3 is 2.59 bits per heavy atom. The van der Waals surface area contributed by atoms with Crippen LogP contribution in [-0.4, -0.2) is 41.1 Å². The van der Waals surface area contributed by atoms with Crippen LogP contribution in [0, 0.1) is 6.92 Å². The second-order valence-electron chi connectivity index (χ2n) is 7.75. The first-order chi connectivity index (χ1) is 14.0. The van der Waals surface area contributed by atoms with E-state index in [-0.39, 0.29) is 11.9 Å². The molecule has 2 heterocycles. The molecule has 156 valence electrons. The predicted octanol–water partition coefficient (Wildman–Crippen LogP) is 4.83. The van der Waals surface area contributed by atoms with Gasteiger partial charge in [0.1, 0.15) is 11.5 Å². The summed E-state index contributed by atoms with van der Waals surface area (Å²) >= 11 is 0. The first-order valence-electron chi connectivity index (χ1n) is 10.7. The van der Waals surface area contributed by atoms with E-state index in [1.807, 2.05) is 37.3 Å². The summed E-state index contributed by atoms with van der Waals surface area (Å²) in [6.07, 6.45) is 2.05. The molecule has 3 aromatic rings. The maximum atomic E-state index is 13.0. The van der Waals surface area contributed by atoms with Crippen molar-refractivity contribution in [3.05, 3.63) is 59.5 Å². The third kappa shape index (κ3) is 5.30. The van der Waals surface area contributed by atoms with Crippen LogP contribution in [0.4, 0.5) is 0 Å². The number of carbonyl (C=O) groups excluding carboxylic acids is 1. The molecule has 0 spiro atoms. The SMILES string of the molecule is CCN(CC)CCCC(C)NC(=O)c1cc2oc(C)cc2n1Cc1ccccc1. The number of hydrogen-bond donors (Lipinski definition) is 1. The van der Waals surface area contributed by atoms with Gasteiger partial charge in [0.2, 0.25) is 0 Å². The second-order valence-corrected chi connectivity index (χ2v) is 7.75. The highest BCUT2D eigenvalue weighted by Crippen LogP contribution is 2.25. The van der Waals surface area contributed by atoms with E-state index in [0.29, 0.717) is 12.2 Å². The quantitative estimate of drug-likeness (QED) is 0.535. The van der Waals surface area contributed by atoms with Gasteiger partial charge in [0, 0.05) is 24.7 Å². The lowest BCUT2D eigenvalue weighted by atomic mass is 10.1. The number of aryl methyl sites for hydroxylation is 1. The Morgan fingerprint density at radius 1 is 1.17 bits per heavy atom. The molecule has 1 N–H and O–H groups in total. The van der Waals surface area contributed by atoms with E-state index < -0.39 is 0 Å². The van der Waals surface area contributed by atoms with Gasteiger partial charge in [-0.3, -0.25) is 4.79 Å². The van der Waals surface area contributed by atoms with E-state index in [4.69, 9.17) is 4.42 Å².